The van der Waals surface area contributed by atoms with Gasteiger partial charge in [0.2, 0.25) is 0 Å². The maximum Gasteiger partial charge on any atom is 0.136 e. The highest BCUT2D eigenvalue weighted by molar-refractivity contribution is 6.24. The quantitative estimate of drug-likeness (QED) is 0.149. The maximum atomic E-state index is 6.47. The molecule has 0 saturated heterocycles. The Bertz CT molecular complexity index is 3820. The van der Waals surface area contributed by atoms with E-state index < -0.39 is 0 Å². The molecule has 0 aliphatic carbocycles. The van der Waals surface area contributed by atoms with E-state index in [0.717, 1.165) is 50.1 Å². The van der Waals surface area contributed by atoms with Crippen LogP contribution in [0.3, 0.4) is 0 Å². The predicted octanol–water partition coefficient (Wildman–Crippen LogP) is 17.4. The van der Waals surface area contributed by atoms with Crippen LogP contribution >= 0.6 is 0 Å². The Morgan fingerprint density at radius 1 is 0.292 bits per heavy atom. The fourth-order valence-corrected chi connectivity index (χ4v) is 10.2. The first-order chi connectivity index (χ1) is 32.2. The number of anilines is 3. The second kappa shape index (κ2) is 15.0. The number of benzene rings is 10. The first-order valence-corrected chi connectivity index (χ1v) is 22.2. The standard InChI is InChI=1S/C62H40N2O/c1-3-14-41(15-4-1)43-26-33-47(34-27-43)63(48-35-28-44(29-36-48)42-16-5-2-6-17-42)49-37-30-45(31-38-49)50-22-13-23-54-51-18-7-8-20-55(51)62-60(56-21-9-11-24-57(56)64(62)61(50)54)46-32-39-53-52-19-10-12-25-58(52)65-59(53)40-46/h1-40H. The largest absolute Gasteiger partial charge is 0.456 e. The van der Waals surface area contributed by atoms with E-state index in [-0.39, 0.29) is 0 Å². The average molecular weight is 829 g/mol. The monoisotopic (exact) mass is 828 g/mol. The molecule has 65 heavy (non-hydrogen) atoms. The molecule has 3 nitrogen and oxygen atoms in total. The molecule has 304 valence electrons. The fraction of sp³-hybridized carbons (Fsp3) is 0. The second-order valence-electron chi connectivity index (χ2n) is 16.8. The number of pyridine rings is 1. The van der Waals surface area contributed by atoms with Crippen molar-refractivity contribution in [1.82, 2.24) is 4.40 Å². The SMILES string of the molecule is c1ccc(-c2ccc(N(c3ccc(-c4ccccc4)cc3)c3ccc(-c4cccc5c6ccccc6c6c(-c7ccc8c(c7)oc7ccccc78)c7ccccc7n6c45)cc3)cc2)cc1. The van der Waals surface area contributed by atoms with Crippen LogP contribution in [0.4, 0.5) is 17.1 Å². The van der Waals surface area contributed by atoms with E-state index in [4.69, 9.17) is 4.42 Å². The molecule has 3 aromatic heterocycles. The molecule has 3 heterocycles. The summed E-state index contributed by atoms with van der Waals surface area (Å²) in [4.78, 5) is 2.35. The molecular formula is C62H40N2O. The van der Waals surface area contributed by atoms with E-state index >= 15 is 0 Å². The van der Waals surface area contributed by atoms with Gasteiger partial charge in [0.25, 0.3) is 0 Å². The Hall–Kier alpha value is -8.66. The Morgan fingerprint density at radius 2 is 0.754 bits per heavy atom. The van der Waals surface area contributed by atoms with Gasteiger partial charge in [-0.25, -0.2) is 0 Å². The second-order valence-corrected chi connectivity index (χ2v) is 16.8. The summed E-state index contributed by atoms with van der Waals surface area (Å²) in [6.45, 7) is 0. The number of rotatable bonds is 7. The average Bonchev–Trinajstić information content (AvgIpc) is 3.94. The fourth-order valence-electron chi connectivity index (χ4n) is 10.2. The third-order valence-electron chi connectivity index (χ3n) is 13.2. The number of hydrogen-bond acceptors (Lipinski definition) is 2. The lowest BCUT2D eigenvalue weighted by Gasteiger charge is -2.26. The minimum atomic E-state index is 0.895. The van der Waals surface area contributed by atoms with Gasteiger partial charge in [0.15, 0.2) is 0 Å². The van der Waals surface area contributed by atoms with Gasteiger partial charge >= 0.3 is 0 Å². The molecule has 0 radical (unpaired) electrons. The van der Waals surface area contributed by atoms with Crippen molar-refractivity contribution >= 4 is 77.1 Å². The van der Waals surface area contributed by atoms with Gasteiger partial charge in [0, 0.05) is 55.1 Å². The summed E-state index contributed by atoms with van der Waals surface area (Å²) in [5, 5.41) is 7.14. The van der Waals surface area contributed by atoms with Crippen LogP contribution in [0.25, 0.3) is 105 Å². The van der Waals surface area contributed by atoms with Gasteiger partial charge in [0.05, 0.1) is 16.6 Å². The summed E-state index contributed by atoms with van der Waals surface area (Å²) in [6.07, 6.45) is 0. The topological polar surface area (TPSA) is 20.8 Å². The van der Waals surface area contributed by atoms with E-state index in [1.54, 1.807) is 0 Å². The Labute approximate surface area is 376 Å². The molecule has 0 atom stereocenters. The number of furan rings is 1. The highest BCUT2D eigenvalue weighted by Gasteiger charge is 2.22. The van der Waals surface area contributed by atoms with Gasteiger partial charge in [-0.15, -0.1) is 0 Å². The van der Waals surface area contributed by atoms with Crippen LogP contribution in [0.15, 0.2) is 247 Å². The number of hydrogen-bond donors (Lipinski definition) is 0. The van der Waals surface area contributed by atoms with Crippen LogP contribution in [0.1, 0.15) is 0 Å². The summed E-state index contributed by atoms with van der Waals surface area (Å²) in [6, 6.07) is 87.6. The highest BCUT2D eigenvalue weighted by atomic mass is 16.3. The minimum Gasteiger partial charge on any atom is -0.456 e. The molecule has 0 bridgehead atoms. The van der Waals surface area contributed by atoms with Crippen LogP contribution in [0, 0.1) is 0 Å². The number of nitrogens with zero attached hydrogens (tertiary/aromatic N) is 2. The molecular weight excluding hydrogens is 789 g/mol. The molecule has 0 saturated carbocycles. The summed E-state index contributed by atoms with van der Waals surface area (Å²) >= 11 is 0. The van der Waals surface area contributed by atoms with Crippen LogP contribution in [0.5, 0.6) is 0 Å². The first kappa shape index (κ1) is 36.9. The molecule has 10 aromatic carbocycles. The van der Waals surface area contributed by atoms with Gasteiger partial charge in [-0.1, -0.05) is 182 Å². The van der Waals surface area contributed by atoms with Crippen molar-refractivity contribution in [1.29, 1.82) is 0 Å². The number of aromatic nitrogens is 1. The van der Waals surface area contributed by atoms with E-state index in [1.165, 1.54) is 71.5 Å². The summed E-state index contributed by atoms with van der Waals surface area (Å²) in [7, 11) is 0. The molecule has 0 unspecified atom stereocenters. The van der Waals surface area contributed by atoms with Crippen LogP contribution < -0.4 is 4.90 Å². The number of para-hydroxylation sites is 3. The molecule has 13 aromatic rings. The van der Waals surface area contributed by atoms with Crippen LogP contribution in [0.2, 0.25) is 0 Å². The van der Waals surface area contributed by atoms with E-state index in [2.05, 4.69) is 246 Å². The third kappa shape index (κ3) is 6.05. The van der Waals surface area contributed by atoms with E-state index in [9.17, 15) is 0 Å². The molecule has 0 amide bonds. The van der Waals surface area contributed by atoms with Crippen LogP contribution in [-0.4, -0.2) is 4.40 Å². The first-order valence-electron chi connectivity index (χ1n) is 22.2. The molecule has 0 spiro atoms. The number of fused-ring (bicyclic) bond motifs is 11. The lowest BCUT2D eigenvalue weighted by atomic mass is 9.95. The zero-order valence-electron chi connectivity index (χ0n) is 35.4. The minimum absolute atomic E-state index is 0.895. The third-order valence-corrected chi connectivity index (χ3v) is 13.2. The Kier molecular flexibility index (Phi) is 8.53. The van der Waals surface area contributed by atoms with Gasteiger partial charge in [-0.05, 0) is 99.4 Å². The maximum absolute atomic E-state index is 6.47. The molecule has 0 aliphatic rings. The Balaban J connectivity index is 0.987. The molecule has 3 heteroatoms. The van der Waals surface area contributed by atoms with Crippen molar-refractivity contribution in [2.24, 2.45) is 0 Å². The molecule has 0 aliphatic heterocycles. The van der Waals surface area contributed by atoms with Gasteiger partial charge in [-0.2, -0.15) is 0 Å². The molecule has 13 rings (SSSR count). The van der Waals surface area contributed by atoms with Crippen molar-refractivity contribution in [2.75, 3.05) is 4.90 Å². The summed E-state index contributed by atoms with van der Waals surface area (Å²) in [5.41, 5.74) is 18.1. The lowest BCUT2D eigenvalue weighted by Crippen LogP contribution is -2.09. The van der Waals surface area contributed by atoms with Crippen LogP contribution in [-0.2, 0) is 0 Å². The Morgan fingerprint density at radius 3 is 1.40 bits per heavy atom. The summed E-state index contributed by atoms with van der Waals surface area (Å²) in [5.74, 6) is 0. The smallest absolute Gasteiger partial charge is 0.136 e. The van der Waals surface area contributed by atoms with Crippen molar-refractivity contribution in [3.05, 3.63) is 243 Å². The van der Waals surface area contributed by atoms with E-state index in [0.29, 0.717) is 0 Å². The normalized spacial score (nSPS) is 11.7. The van der Waals surface area contributed by atoms with E-state index in [1.807, 2.05) is 6.07 Å². The highest BCUT2D eigenvalue weighted by Crippen LogP contribution is 2.46. The lowest BCUT2D eigenvalue weighted by molar-refractivity contribution is 0.669. The van der Waals surface area contributed by atoms with Gasteiger partial charge in [-0.3, -0.25) is 0 Å². The summed E-state index contributed by atoms with van der Waals surface area (Å²) < 4.78 is 8.99. The van der Waals surface area contributed by atoms with Crippen molar-refractivity contribution in [2.45, 2.75) is 0 Å². The molecule has 0 fully saturated rings. The zero-order chi connectivity index (χ0) is 42.8. The predicted molar refractivity (Wildman–Crippen MR) is 274 cm³/mol. The van der Waals surface area contributed by atoms with Gasteiger partial charge in [0.1, 0.15) is 11.2 Å². The van der Waals surface area contributed by atoms with Gasteiger partial charge < -0.3 is 13.7 Å². The van der Waals surface area contributed by atoms with Crippen molar-refractivity contribution < 1.29 is 4.42 Å². The van der Waals surface area contributed by atoms with Crippen molar-refractivity contribution in [3.8, 4) is 44.5 Å². The van der Waals surface area contributed by atoms with Crippen molar-refractivity contribution in [3.63, 3.8) is 0 Å². The molecule has 0 N–H and O–H groups in total. The zero-order valence-corrected chi connectivity index (χ0v) is 35.4.